The number of para-hydroxylation sites is 1. The quantitative estimate of drug-likeness (QED) is 0.445. The molecule has 0 radical (unpaired) electrons. The normalized spacial score (nSPS) is 10.7. The van der Waals surface area contributed by atoms with Crippen molar-refractivity contribution in [3.8, 4) is 5.75 Å². The molecule has 0 spiro atoms. The standard InChI is InChI=1S/C15H13Br2N3O2/c1-22-14-9(6-10(16)7-12(14)17)8-19-20-15(21)11-4-2-3-5-13(11)18/h2-8H,18H2,1H3,(H,20,21)/b19-8-. The third kappa shape index (κ3) is 3.86. The van der Waals surface area contributed by atoms with E-state index in [-0.39, 0.29) is 5.91 Å². The van der Waals surface area contributed by atoms with Crippen LogP contribution in [-0.4, -0.2) is 19.2 Å². The third-order valence-corrected chi connectivity index (χ3v) is 3.86. The predicted molar refractivity (Wildman–Crippen MR) is 94.3 cm³/mol. The smallest absolute Gasteiger partial charge is 0.273 e. The molecule has 0 fully saturated rings. The van der Waals surface area contributed by atoms with Crippen LogP contribution < -0.4 is 15.9 Å². The van der Waals surface area contributed by atoms with Gasteiger partial charge in [-0.25, -0.2) is 5.43 Å². The van der Waals surface area contributed by atoms with Gasteiger partial charge in [0.25, 0.3) is 5.91 Å². The lowest BCUT2D eigenvalue weighted by Gasteiger charge is -2.08. The summed E-state index contributed by atoms with van der Waals surface area (Å²) in [4.78, 5) is 12.0. The minimum absolute atomic E-state index is 0.373. The molecule has 5 nitrogen and oxygen atoms in total. The second kappa shape index (κ2) is 7.42. The van der Waals surface area contributed by atoms with Crippen LogP contribution in [0.3, 0.4) is 0 Å². The maximum atomic E-state index is 12.0. The first kappa shape index (κ1) is 16.5. The number of anilines is 1. The number of carbonyl (C=O) groups is 1. The molecule has 0 bridgehead atoms. The number of amides is 1. The van der Waals surface area contributed by atoms with Gasteiger partial charge >= 0.3 is 0 Å². The lowest BCUT2D eigenvalue weighted by Crippen LogP contribution is -2.19. The number of nitrogens with one attached hydrogen (secondary N) is 1. The van der Waals surface area contributed by atoms with Crippen molar-refractivity contribution in [3.05, 3.63) is 56.5 Å². The molecule has 0 atom stereocenters. The van der Waals surface area contributed by atoms with Crippen LogP contribution >= 0.6 is 31.9 Å². The summed E-state index contributed by atoms with van der Waals surface area (Å²) in [7, 11) is 1.56. The molecule has 1 amide bonds. The zero-order valence-corrected chi connectivity index (χ0v) is 14.8. The van der Waals surface area contributed by atoms with E-state index in [4.69, 9.17) is 10.5 Å². The number of carbonyl (C=O) groups excluding carboxylic acids is 1. The highest BCUT2D eigenvalue weighted by Crippen LogP contribution is 2.31. The molecule has 0 saturated carbocycles. The van der Waals surface area contributed by atoms with Gasteiger partial charge in [0.15, 0.2) is 0 Å². The SMILES string of the molecule is COc1c(Br)cc(Br)cc1/C=N\NC(=O)c1ccccc1N. The maximum Gasteiger partial charge on any atom is 0.273 e. The minimum Gasteiger partial charge on any atom is -0.495 e. The molecular formula is C15H13Br2N3O2. The van der Waals surface area contributed by atoms with Gasteiger partial charge in [-0.05, 0) is 40.2 Å². The highest BCUT2D eigenvalue weighted by atomic mass is 79.9. The molecule has 2 aromatic carbocycles. The molecule has 0 aromatic heterocycles. The first-order valence-electron chi connectivity index (χ1n) is 6.24. The summed E-state index contributed by atoms with van der Waals surface area (Å²) < 4.78 is 6.94. The molecule has 0 unspecified atom stereocenters. The Morgan fingerprint density at radius 1 is 1.32 bits per heavy atom. The molecule has 0 aliphatic carbocycles. The number of methoxy groups -OCH3 is 1. The second-order valence-corrected chi connectivity index (χ2v) is 6.07. The van der Waals surface area contributed by atoms with Gasteiger partial charge in [0.1, 0.15) is 5.75 Å². The zero-order valence-electron chi connectivity index (χ0n) is 11.6. The van der Waals surface area contributed by atoms with E-state index < -0.39 is 0 Å². The van der Waals surface area contributed by atoms with Crippen LogP contribution in [-0.2, 0) is 0 Å². The first-order chi connectivity index (χ1) is 10.5. The summed E-state index contributed by atoms with van der Waals surface area (Å²) in [6.07, 6.45) is 1.51. The van der Waals surface area contributed by atoms with Gasteiger partial charge in [-0.1, -0.05) is 28.1 Å². The number of nitrogens with two attached hydrogens (primary N) is 1. The highest BCUT2D eigenvalue weighted by molar-refractivity contribution is 9.11. The number of ether oxygens (including phenoxy) is 1. The van der Waals surface area contributed by atoms with Crippen LogP contribution in [0, 0.1) is 0 Å². The van der Waals surface area contributed by atoms with Crippen molar-refractivity contribution in [1.82, 2.24) is 5.43 Å². The van der Waals surface area contributed by atoms with Gasteiger partial charge in [-0.15, -0.1) is 0 Å². The van der Waals surface area contributed by atoms with E-state index in [1.165, 1.54) is 6.21 Å². The van der Waals surface area contributed by atoms with Crippen LogP contribution in [0.15, 0.2) is 50.4 Å². The molecule has 0 aliphatic rings. The number of hydrazone groups is 1. The Hall–Kier alpha value is -1.86. The number of rotatable bonds is 4. The topological polar surface area (TPSA) is 76.7 Å². The van der Waals surface area contributed by atoms with Crippen LogP contribution in [0.2, 0.25) is 0 Å². The fourth-order valence-electron chi connectivity index (χ4n) is 1.82. The molecular weight excluding hydrogens is 414 g/mol. The van der Waals surface area contributed by atoms with Gasteiger partial charge in [-0.3, -0.25) is 4.79 Å². The maximum absolute atomic E-state index is 12.0. The number of nitrogen functional groups attached to an aromatic ring is 1. The van der Waals surface area contributed by atoms with Gasteiger partial charge in [0.05, 0.1) is 23.4 Å². The van der Waals surface area contributed by atoms with E-state index in [2.05, 4.69) is 42.4 Å². The summed E-state index contributed by atoms with van der Waals surface area (Å²) in [6.45, 7) is 0. The van der Waals surface area contributed by atoms with Gasteiger partial charge in [0.2, 0.25) is 0 Å². The van der Waals surface area contributed by atoms with E-state index >= 15 is 0 Å². The van der Waals surface area contributed by atoms with Crippen LogP contribution in [0.5, 0.6) is 5.75 Å². The van der Waals surface area contributed by atoms with E-state index in [0.29, 0.717) is 22.6 Å². The lowest BCUT2D eigenvalue weighted by atomic mass is 10.2. The highest BCUT2D eigenvalue weighted by Gasteiger charge is 2.09. The average Bonchev–Trinajstić information content (AvgIpc) is 2.47. The number of nitrogens with zero attached hydrogens (tertiary/aromatic N) is 1. The van der Waals surface area contributed by atoms with Gasteiger partial charge < -0.3 is 10.5 Å². The number of hydrogen-bond acceptors (Lipinski definition) is 4. The Balaban J connectivity index is 2.17. The summed E-state index contributed by atoms with van der Waals surface area (Å²) in [5, 5.41) is 3.95. The van der Waals surface area contributed by atoms with Crippen molar-refractivity contribution in [1.29, 1.82) is 0 Å². The first-order valence-corrected chi connectivity index (χ1v) is 7.82. The Labute approximate surface area is 144 Å². The third-order valence-electron chi connectivity index (χ3n) is 2.82. The molecule has 114 valence electrons. The largest absolute Gasteiger partial charge is 0.495 e. The van der Waals surface area contributed by atoms with Crippen LogP contribution in [0.1, 0.15) is 15.9 Å². The van der Waals surface area contributed by atoms with Crippen molar-refractivity contribution < 1.29 is 9.53 Å². The van der Waals surface area contributed by atoms with E-state index in [9.17, 15) is 4.79 Å². The Morgan fingerprint density at radius 2 is 2.05 bits per heavy atom. The Morgan fingerprint density at radius 3 is 2.73 bits per heavy atom. The molecule has 22 heavy (non-hydrogen) atoms. The Bertz CT molecular complexity index is 733. The van der Waals surface area contributed by atoms with Crippen molar-refractivity contribution >= 4 is 49.7 Å². The monoisotopic (exact) mass is 425 g/mol. The van der Waals surface area contributed by atoms with Gasteiger partial charge in [0, 0.05) is 15.7 Å². The fraction of sp³-hybridized carbons (Fsp3) is 0.0667. The summed E-state index contributed by atoms with van der Waals surface area (Å²) in [5.74, 6) is 0.253. The zero-order chi connectivity index (χ0) is 16.1. The van der Waals surface area contributed by atoms with Gasteiger partial charge in [-0.2, -0.15) is 5.10 Å². The van der Waals surface area contributed by atoms with Crippen molar-refractivity contribution in [2.24, 2.45) is 5.10 Å². The predicted octanol–water partition coefficient (Wildman–Crippen LogP) is 3.57. The molecule has 2 rings (SSSR count). The molecule has 7 heteroatoms. The Kier molecular flexibility index (Phi) is 5.57. The minimum atomic E-state index is -0.373. The molecule has 0 aliphatic heterocycles. The average molecular weight is 427 g/mol. The van der Waals surface area contributed by atoms with E-state index in [0.717, 1.165) is 8.95 Å². The summed E-state index contributed by atoms with van der Waals surface area (Å²) in [6, 6.07) is 10.5. The van der Waals surface area contributed by atoms with E-state index in [1.807, 2.05) is 12.1 Å². The lowest BCUT2D eigenvalue weighted by molar-refractivity contribution is 0.0956. The molecule has 2 aromatic rings. The number of halogens is 2. The van der Waals surface area contributed by atoms with Crippen molar-refractivity contribution in [3.63, 3.8) is 0 Å². The summed E-state index contributed by atoms with van der Waals surface area (Å²) >= 11 is 6.80. The van der Waals surface area contributed by atoms with Crippen LogP contribution in [0.4, 0.5) is 5.69 Å². The van der Waals surface area contributed by atoms with Crippen molar-refractivity contribution in [2.75, 3.05) is 12.8 Å². The molecule has 0 heterocycles. The van der Waals surface area contributed by atoms with Crippen LogP contribution in [0.25, 0.3) is 0 Å². The second-order valence-electron chi connectivity index (χ2n) is 4.30. The number of hydrogen-bond donors (Lipinski definition) is 2. The van der Waals surface area contributed by atoms with Crippen molar-refractivity contribution in [2.45, 2.75) is 0 Å². The molecule has 3 N–H and O–H groups in total. The van der Waals surface area contributed by atoms with E-state index in [1.54, 1.807) is 31.4 Å². The molecule has 0 saturated heterocycles. The summed E-state index contributed by atoms with van der Waals surface area (Å²) in [5.41, 5.74) is 9.68. The fourth-order valence-corrected chi connectivity index (χ4v) is 3.24. The number of benzene rings is 2.